The van der Waals surface area contributed by atoms with Crippen LogP contribution in [0.2, 0.25) is 0 Å². The highest BCUT2D eigenvalue weighted by Crippen LogP contribution is 2.29. The molecule has 0 radical (unpaired) electrons. The molecule has 1 saturated heterocycles. The number of aliphatic hydroxyl groups excluding tert-OH is 2. The third kappa shape index (κ3) is 9.14. The molecule has 37 heavy (non-hydrogen) atoms. The number of cyclic esters (lactones) is 1. The lowest BCUT2D eigenvalue weighted by Gasteiger charge is -2.40. The van der Waals surface area contributed by atoms with Gasteiger partial charge in [0.25, 0.3) is 0 Å². The van der Waals surface area contributed by atoms with E-state index in [0.717, 1.165) is 6.42 Å². The van der Waals surface area contributed by atoms with Crippen LogP contribution in [0.5, 0.6) is 0 Å². The third-order valence-electron chi connectivity index (χ3n) is 7.45. The molecule has 0 unspecified atom stereocenters. The lowest BCUT2D eigenvalue weighted by molar-refractivity contribution is -0.163. The lowest BCUT2D eigenvalue weighted by Crippen LogP contribution is -2.52. The van der Waals surface area contributed by atoms with E-state index in [2.05, 4.69) is 0 Å². The summed E-state index contributed by atoms with van der Waals surface area (Å²) in [6.07, 6.45) is 9.57. The number of allylic oxidation sites excluding steroid dienone is 3. The van der Waals surface area contributed by atoms with E-state index >= 15 is 0 Å². The Morgan fingerprint density at radius 3 is 2.51 bits per heavy atom. The summed E-state index contributed by atoms with van der Waals surface area (Å²) < 4.78 is 17.6. The van der Waals surface area contributed by atoms with Gasteiger partial charge in [-0.15, -0.1) is 0 Å². The summed E-state index contributed by atoms with van der Waals surface area (Å²) in [7, 11) is 3.91. The topological polar surface area (TPSA) is 106 Å². The van der Waals surface area contributed by atoms with Crippen molar-refractivity contribution in [3.63, 3.8) is 0 Å². The van der Waals surface area contributed by atoms with E-state index in [1.54, 1.807) is 30.4 Å². The van der Waals surface area contributed by atoms with Crippen molar-refractivity contribution >= 4 is 11.8 Å². The van der Waals surface area contributed by atoms with Gasteiger partial charge in [0.2, 0.25) is 0 Å². The van der Waals surface area contributed by atoms with Crippen LogP contribution < -0.4 is 0 Å². The van der Waals surface area contributed by atoms with E-state index in [1.807, 2.05) is 53.6 Å². The van der Waals surface area contributed by atoms with Crippen molar-refractivity contribution in [1.29, 1.82) is 0 Å². The van der Waals surface area contributed by atoms with Crippen LogP contribution in [0.4, 0.5) is 0 Å². The number of hydrogen-bond donors (Lipinski definition) is 2. The zero-order valence-corrected chi connectivity index (χ0v) is 23.4. The van der Waals surface area contributed by atoms with Gasteiger partial charge in [0.1, 0.15) is 6.10 Å². The van der Waals surface area contributed by atoms with Gasteiger partial charge in [0.05, 0.1) is 31.0 Å². The Bertz CT molecular complexity index is 823. The molecule has 0 aromatic rings. The van der Waals surface area contributed by atoms with Crippen LogP contribution in [0.25, 0.3) is 0 Å². The zero-order chi connectivity index (χ0) is 27.7. The Hall–Kier alpha value is -1.84. The summed E-state index contributed by atoms with van der Waals surface area (Å²) in [5, 5.41) is 20.3. The highest BCUT2D eigenvalue weighted by molar-refractivity contribution is 5.91. The van der Waals surface area contributed by atoms with Crippen LogP contribution >= 0.6 is 0 Å². The maximum atomic E-state index is 12.8. The fraction of sp³-hybridized carbons (Fsp3) is 0.724. The maximum Gasteiger partial charge on any atom is 0.330 e. The quantitative estimate of drug-likeness (QED) is 0.257. The van der Waals surface area contributed by atoms with Crippen LogP contribution in [0.3, 0.4) is 0 Å². The summed E-state index contributed by atoms with van der Waals surface area (Å²) in [5.41, 5.74) is 0. The van der Waals surface area contributed by atoms with Crippen LogP contribution in [0, 0.1) is 17.8 Å². The smallest absolute Gasteiger partial charge is 0.330 e. The number of ether oxygens (including phenoxy) is 3. The monoisotopic (exact) mass is 521 g/mol. The standard InChI is InChI=1S/C29H47NO7/c1-8-24-26(17-31)36-27(33)14-13-18(2)29(37-24)20(4)15-19(3)23(32)11-9-10-12-25-28(34)22(30(6)7)16-21(5)35-25/h9-14,18-22,24-26,28-29,31,34H,8,15-17H2,1-7H3/b11-9+,12-10?,14-13+/t18-,19+,20-,21+,22-,24+,25-,26+,28+,29+/m0/s1. The molecule has 0 aromatic carbocycles. The first-order valence-corrected chi connectivity index (χ1v) is 13.5. The lowest BCUT2D eigenvalue weighted by atomic mass is 9.84. The molecule has 2 aliphatic rings. The molecule has 0 aromatic heterocycles. The molecule has 210 valence electrons. The van der Waals surface area contributed by atoms with Gasteiger partial charge in [-0.05, 0) is 52.3 Å². The predicted octanol–water partition coefficient (Wildman–Crippen LogP) is 3.07. The number of hydrogen-bond acceptors (Lipinski definition) is 8. The summed E-state index contributed by atoms with van der Waals surface area (Å²) in [5.74, 6) is -0.746. The second-order valence-corrected chi connectivity index (χ2v) is 10.9. The van der Waals surface area contributed by atoms with Crippen molar-refractivity contribution in [2.24, 2.45) is 17.8 Å². The molecule has 0 saturated carbocycles. The summed E-state index contributed by atoms with van der Waals surface area (Å²) >= 11 is 0. The number of ketones is 1. The van der Waals surface area contributed by atoms with E-state index in [9.17, 15) is 19.8 Å². The number of nitrogens with zero attached hydrogens (tertiary/aromatic N) is 1. The number of aliphatic hydroxyl groups is 2. The van der Waals surface area contributed by atoms with Crippen molar-refractivity contribution in [3.8, 4) is 0 Å². The van der Waals surface area contributed by atoms with Crippen LogP contribution in [-0.4, -0.2) is 90.2 Å². The number of carbonyl (C=O) groups is 2. The number of carbonyl (C=O) groups excluding carboxylic acids is 2. The van der Waals surface area contributed by atoms with E-state index in [0.29, 0.717) is 12.8 Å². The van der Waals surface area contributed by atoms with Gasteiger partial charge in [-0.3, -0.25) is 4.79 Å². The summed E-state index contributed by atoms with van der Waals surface area (Å²) in [6, 6.07) is 0.0206. The molecule has 0 spiro atoms. The molecule has 0 bridgehead atoms. The van der Waals surface area contributed by atoms with Gasteiger partial charge in [-0.25, -0.2) is 4.79 Å². The average molecular weight is 522 g/mol. The maximum absolute atomic E-state index is 12.8. The van der Waals surface area contributed by atoms with Crippen molar-refractivity contribution in [2.75, 3.05) is 20.7 Å². The second-order valence-electron chi connectivity index (χ2n) is 10.9. The Morgan fingerprint density at radius 1 is 1.19 bits per heavy atom. The Morgan fingerprint density at radius 2 is 1.89 bits per heavy atom. The van der Waals surface area contributed by atoms with E-state index < -0.39 is 30.4 Å². The van der Waals surface area contributed by atoms with E-state index in [1.165, 1.54) is 6.08 Å². The molecular formula is C29H47NO7. The summed E-state index contributed by atoms with van der Waals surface area (Å²) in [4.78, 5) is 26.9. The minimum absolute atomic E-state index is 0.00574. The summed E-state index contributed by atoms with van der Waals surface area (Å²) in [6.45, 7) is 9.56. The van der Waals surface area contributed by atoms with Gasteiger partial charge in [0.15, 0.2) is 11.9 Å². The Labute approximate surface area is 222 Å². The molecular weight excluding hydrogens is 474 g/mol. The normalized spacial score (nSPS) is 36.1. The van der Waals surface area contributed by atoms with Gasteiger partial charge in [0, 0.05) is 24.0 Å². The largest absolute Gasteiger partial charge is 0.454 e. The zero-order valence-electron chi connectivity index (χ0n) is 23.4. The first-order chi connectivity index (χ1) is 17.5. The Balaban J connectivity index is 2.00. The van der Waals surface area contributed by atoms with E-state index in [4.69, 9.17) is 14.2 Å². The highest BCUT2D eigenvalue weighted by Gasteiger charge is 2.36. The number of rotatable bonds is 10. The fourth-order valence-electron chi connectivity index (χ4n) is 5.26. The van der Waals surface area contributed by atoms with Crippen molar-refractivity contribution in [3.05, 3.63) is 36.5 Å². The molecule has 2 heterocycles. The highest BCUT2D eigenvalue weighted by atomic mass is 16.6. The van der Waals surface area contributed by atoms with Crippen molar-refractivity contribution < 1.29 is 34.0 Å². The molecule has 8 heteroatoms. The predicted molar refractivity (Wildman–Crippen MR) is 143 cm³/mol. The molecule has 1 fully saturated rings. The number of likely N-dealkylation sites (N-methyl/N-ethyl adjacent to an activating group) is 1. The Kier molecular flexibility index (Phi) is 12.7. The second kappa shape index (κ2) is 14.9. The van der Waals surface area contributed by atoms with Gasteiger partial charge in [-0.2, -0.15) is 0 Å². The van der Waals surface area contributed by atoms with E-state index in [-0.39, 0.29) is 48.4 Å². The molecule has 0 amide bonds. The molecule has 8 nitrogen and oxygen atoms in total. The van der Waals surface area contributed by atoms with Crippen LogP contribution in [0.15, 0.2) is 36.5 Å². The van der Waals surface area contributed by atoms with Crippen molar-refractivity contribution in [1.82, 2.24) is 4.90 Å². The van der Waals surface area contributed by atoms with Crippen LogP contribution in [0.1, 0.15) is 53.9 Å². The van der Waals surface area contributed by atoms with Crippen LogP contribution in [-0.2, 0) is 23.8 Å². The number of esters is 1. The van der Waals surface area contributed by atoms with Gasteiger partial charge < -0.3 is 29.3 Å². The molecule has 2 rings (SSSR count). The first-order valence-electron chi connectivity index (χ1n) is 13.5. The fourth-order valence-corrected chi connectivity index (χ4v) is 5.26. The SMILES string of the molecule is CC[C@H]1O[C@@H]([C@@H](C)C[C@@H](C)C(=O)/C=C/C=C[C@@H]2O[C@H](C)C[C@H](N(C)C)[C@H]2O)[C@@H](C)/C=C/C(=O)O[C@@H]1CO. The van der Waals surface area contributed by atoms with Gasteiger partial charge in [-0.1, -0.05) is 52.0 Å². The van der Waals surface area contributed by atoms with Gasteiger partial charge >= 0.3 is 5.97 Å². The first kappa shape index (κ1) is 31.4. The molecule has 0 aliphatic carbocycles. The molecule has 2 N–H and O–H groups in total. The average Bonchev–Trinajstić information content (AvgIpc) is 2.91. The third-order valence-corrected chi connectivity index (χ3v) is 7.45. The van der Waals surface area contributed by atoms with Crippen molar-refractivity contribution in [2.45, 2.75) is 96.5 Å². The minimum atomic E-state index is -0.724. The minimum Gasteiger partial charge on any atom is -0.454 e. The molecule has 10 atom stereocenters. The molecule has 2 aliphatic heterocycles.